The molecule has 3 aliphatic rings. The van der Waals surface area contributed by atoms with Crippen molar-refractivity contribution in [3.8, 4) is 122 Å². The third-order valence-corrected chi connectivity index (χ3v) is 26.8. The summed E-state index contributed by atoms with van der Waals surface area (Å²) in [6.45, 7) is 18.2. The van der Waals surface area contributed by atoms with Gasteiger partial charge in [-0.25, -0.2) is 0 Å². The highest BCUT2D eigenvalue weighted by Crippen LogP contribution is 2.63. The third-order valence-electron chi connectivity index (χ3n) is 26.8. The summed E-state index contributed by atoms with van der Waals surface area (Å²) >= 11 is 0. The van der Waals surface area contributed by atoms with Crippen LogP contribution in [0.2, 0.25) is 0 Å². The Morgan fingerprint density at radius 1 is 0.264 bits per heavy atom. The summed E-state index contributed by atoms with van der Waals surface area (Å²) in [6, 6.07) is 132. The second-order valence-electron chi connectivity index (χ2n) is 34.8. The van der Waals surface area contributed by atoms with Crippen molar-refractivity contribution in [1.29, 1.82) is 0 Å². The molecule has 2 heteroatoms. The lowest BCUT2D eigenvalue weighted by Crippen LogP contribution is -2.26. The van der Waals surface area contributed by atoms with Crippen molar-refractivity contribution in [2.75, 3.05) is 16.8 Å². The van der Waals surface area contributed by atoms with Gasteiger partial charge in [0.05, 0.1) is 5.41 Å². The Kier molecular flexibility index (Phi) is 21.1. The van der Waals surface area contributed by atoms with Crippen LogP contribution in [0, 0.1) is 20.8 Å². The van der Waals surface area contributed by atoms with Gasteiger partial charge in [-0.2, -0.15) is 0 Å². The van der Waals surface area contributed by atoms with Crippen LogP contribution < -0.4 is 9.80 Å². The second-order valence-corrected chi connectivity index (χ2v) is 34.8. The molecular weight excluding hydrogens is 1460 g/mol. The minimum atomic E-state index is -0.385. The third kappa shape index (κ3) is 14.4. The van der Waals surface area contributed by atoms with Crippen LogP contribution in [0.3, 0.4) is 0 Å². The van der Waals surface area contributed by atoms with Crippen molar-refractivity contribution in [1.82, 2.24) is 0 Å². The van der Waals surface area contributed by atoms with E-state index < -0.39 is 0 Å². The minimum absolute atomic E-state index is 0.159. The molecule has 3 aliphatic carbocycles. The summed E-state index contributed by atoms with van der Waals surface area (Å²) in [5.74, 6) is 0. The molecule has 16 aromatic carbocycles. The Labute approximate surface area is 717 Å². The summed E-state index contributed by atoms with van der Waals surface area (Å²) in [5, 5.41) is 0. The van der Waals surface area contributed by atoms with Crippen LogP contribution >= 0.6 is 0 Å². The molecule has 2 nitrogen and oxygen atoms in total. The van der Waals surface area contributed by atoms with E-state index in [-0.39, 0.29) is 10.8 Å². The molecule has 0 amide bonds. The first-order chi connectivity index (χ1) is 59.2. The van der Waals surface area contributed by atoms with Gasteiger partial charge in [-0.05, 0) is 322 Å². The van der Waals surface area contributed by atoms with Crippen molar-refractivity contribution in [2.45, 2.75) is 130 Å². The molecule has 0 N–H and O–H groups in total. The van der Waals surface area contributed by atoms with Gasteiger partial charge in [0.1, 0.15) is 0 Å². The molecule has 0 heterocycles. The first-order valence-corrected chi connectivity index (χ1v) is 44.2. The quantitative estimate of drug-likeness (QED) is 0.0557. The Balaban J connectivity index is 0.611. The fourth-order valence-corrected chi connectivity index (χ4v) is 20.3. The Morgan fingerprint density at radius 3 is 1.09 bits per heavy atom. The SMILES string of the molecule is C/C=C/c1cccc(-c2cccc(-c3ccc(N(c4ccc(-c5ccc6c(c5)C(C)(C)c5cc(-c7ccc(C)cc7)ccc5-6)cc4)c4ccc(-c5ccc(-c6cc(CCCCCC)c(-c7ccc(-c8ccc(N(C)c9ccc%10c(c9)C9(c%11ccccc%11-c%11ccccc%119)c9ccccc9-%10)cc8C)cc7)cc6CCCCCC)cc5)c(C)c4)cc3)c2)c1. The highest BCUT2D eigenvalue weighted by Gasteiger charge is 2.52. The zero-order valence-corrected chi connectivity index (χ0v) is 71.5. The first-order valence-electron chi connectivity index (χ1n) is 44.2. The number of anilines is 5. The predicted molar refractivity (Wildman–Crippen MR) is 518 cm³/mol. The largest absolute Gasteiger partial charge is 0.345 e. The van der Waals surface area contributed by atoms with Gasteiger partial charge >= 0.3 is 0 Å². The Bertz CT molecular complexity index is 6540. The molecule has 0 unspecified atom stereocenters. The minimum Gasteiger partial charge on any atom is -0.345 e. The van der Waals surface area contributed by atoms with Crippen LogP contribution in [0.1, 0.15) is 153 Å². The van der Waals surface area contributed by atoms with Crippen LogP contribution in [-0.4, -0.2) is 7.05 Å². The molecule has 592 valence electrons. The Hall–Kier alpha value is -13.1. The van der Waals surface area contributed by atoms with Gasteiger partial charge in [0.2, 0.25) is 0 Å². The number of benzene rings is 16. The van der Waals surface area contributed by atoms with Crippen molar-refractivity contribution in [3.63, 3.8) is 0 Å². The van der Waals surface area contributed by atoms with Crippen molar-refractivity contribution < 1.29 is 0 Å². The van der Waals surface area contributed by atoms with E-state index in [2.05, 4.69) is 430 Å². The second kappa shape index (κ2) is 32.9. The molecule has 0 atom stereocenters. The van der Waals surface area contributed by atoms with E-state index in [4.69, 9.17) is 0 Å². The lowest BCUT2D eigenvalue weighted by molar-refractivity contribution is 0.661. The average molecular weight is 1560 g/mol. The number of hydrogen-bond donors (Lipinski definition) is 0. The van der Waals surface area contributed by atoms with E-state index in [9.17, 15) is 0 Å². The molecule has 16 aromatic rings. The van der Waals surface area contributed by atoms with Crippen LogP contribution in [0.5, 0.6) is 0 Å². The van der Waals surface area contributed by atoms with Gasteiger partial charge in [0.15, 0.2) is 0 Å². The Morgan fingerprint density at radius 2 is 0.620 bits per heavy atom. The maximum Gasteiger partial charge on any atom is 0.0726 e. The van der Waals surface area contributed by atoms with Crippen molar-refractivity contribution >= 4 is 34.5 Å². The molecular formula is C119H106N2. The monoisotopic (exact) mass is 1560 g/mol. The molecule has 0 aliphatic heterocycles. The van der Waals surface area contributed by atoms with E-state index >= 15 is 0 Å². The smallest absolute Gasteiger partial charge is 0.0726 e. The molecule has 0 aromatic heterocycles. The van der Waals surface area contributed by atoms with Crippen LogP contribution in [0.4, 0.5) is 28.4 Å². The van der Waals surface area contributed by atoms with Gasteiger partial charge in [-0.1, -0.05) is 345 Å². The zero-order chi connectivity index (χ0) is 82.5. The van der Waals surface area contributed by atoms with Crippen LogP contribution in [0.25, 0.3) is 128 Å². The standard InChI is InChI=1S/C119H106N2/c1-10-13-15-17-29-95-75-111(96(30-18-16-14-11-2)74-110(95)88-48-44-86(45-49-88)102-67-62-99(70-80(102)5)120(9)100-63-69-109-106-36-21-24-39-114(106)119(117(109)78-100)112-37-22-19-34-104(112)105-35-20-23-38-113(105)119)89-50-46-87(47-51-89)103-68-64-101(71-81(103)6)121(97-58-52-84(53-59-97)91-32-26-33-92(73-91)90-31-25-28-82(72-90)27-12-3)98-60-54-85(55-61-98)94-57-66-108-107-65-56-93(83-42-40-79(4)41-43-83)76-115(107)118(7,8)116(108)77-94/h12,19-28,31-78H,10-11,13-18,29-30H2,1-9H3/b27-12+. The zero-order valence-electron chi connectivity index (χ0n) is 71.5. The first kappa shape index (κ1) is 77.8. The lowest BCUT2D eigenvalue weighted by Gasteiger charge is -2.31. The maximum atomic E-state index is 2.59. The highest BCUT2D eigenvalue weighted by atomic mass is 15.1. The average Bonchev–Trinajstić information content (AvgIpc) is 1.52. The normalized spacial score (nSPS) is 12.9. The highest BCUT2D eigenvalue weighted by molar-refractivity contribution is 5.97. The lowest BCUT2D eigenvalue weighted by atomic mass is 9.70. The van der Waals surface area contributed by atoms with Crippen LogP contribution in [0.15, 0.2) is 352 Å². The molecule has 0 bridgehead atoms. The maximum absolute atomic E-state index is 2.59. The van der Waals surface area contributed by atoms with Crippen molar-refractivity contribution in [2.24, 2.45) is 0 Å². The number of unbranched alkanes of at least 4 members (excludes halogenated alkanes) is 6. The number of rotatable bonds is 24. The summed E-state index contributed by atoms with van der Waals surface area (Å²) in [5.41, 5.74) is 49.1. The number of hydrogen-bond acceptors (Lipinski definition) is 2. The number of nitrogens with zero attached hydrogens (tertiary/aromatic N) is 2. The molecule has 0 radical (unpaired) electrons. The van der Waals surface area contributed by atoms with Crippen molar-refractivity contribution in [3.05, 3.63) is 419 Å². The van der Waals surface area contributed by atoms with Gasteiger partial charge < -0.3 is 9.80 Å². The molecule has 0 fully saturated rings. The molecule has 0 saturated heterocycles. The number of aryl methyl sites for hydroxylation is 5. The molecule has 0 saturated carbocycles. The number of fused-ring (bicyclic) bond motifs is 13. The van der Waals surface area contributed by atoms with E-state index in [1.165, 1.54) is 252 Å². The summed E-state index contributed by atoms with van der Waals surface area (Å²) in [4.78, 5) is 4.81. The number of allylic oxidation sites excluding steroid dienone is 1. The fourth-order valence-electron chi connectivity index (χ4n) is 20.3. The molecule has 121 heavy (non-hydrogen) atoms. The summed E-state index contributed by atoms with van der Waals surface area (Å²) in [7, 11) is 2.23. The van der Waals surface area contributed by atoms with Crippen LogP contribution in [-0.2, 0) is 23.7 Å². The molecule has 19 rings (SSSR count). The predicted octanol–water partition coefficient (Wildman–Crippen LogP) is 33.1. The van der Waals surface area contributed by atoms with E-state index in [1.54, 1.807) is 0 Å². The van der Waals surface area contributed by atoms with Gasteiger partial charge in [0.25, 0.3) is 0 Å². The van der Waals surface area contributed by atoms with E-state index in [1.807, 2.05) is 0 Å². The van der Waals surface area contributed by atoms with Gasteiger partial charge in [-0.3, -0.25) is 0 Å². The molecule has 1 spiro atoms. The summed E-state index contributed by atoms with van der Waals surface area (Å²) in [6.07, 6.45) is 16.1. The van der Waals surface area contributed by atoms with E-state index in [0.717, 1.165) is 29.9 Å². The van der Waals surface area contributed by atoms with Gasteiger partial charge in [-0.15, -0.1) is 0 Å². The topological polar surface area (TPSA) is 6.48 Å². The van der Waals surface area contributed by atoms with E-state index in [0.29, 0.717) is 0 Å². The van der Waals surface area contributed by atoms with Gasteiger partial charge in [0, 0.05) is 40.9 Å². The fraction of sp³-hybridized carbons (Fsp3) is 0.176. The summed E-state index contributed by atoms with van der Waals surface area (Å²) < 4.78 is 0.